The summed E-state index contributed by atoms with van der Waals surface area (Å²) in [5.41, 5.74) is 1.10. The first-order chi connectivity index (χ1) is 7.75. The van der Waals surface area contributed by atoms with E-state index in [9.17, 15) is 5.11 Å². The van der Waals surface area contributed by atoms with Crippen molar-refractivity contribution in [1.29, 1.82) is 0 Å². The molecule has 0 heterocycles. The van der Waals surface area contributed by atoms with Crippen molar-refractivity contribution in [3.63, 3.8) is 0 Å². The Kier molecular flexibility index (Phi) is 3.62. The van der Waals surface area contributed by atoms with Crippen LogP contribution in [0.4, 0.5) is 0 Å². The van der Waals surface area contributed by atoms with Crippen LogP contribution < -0.4 is 0 Å². The first-order valence-electron chi connectivity index (χ1n) is 5.79. The Labute approximate surface area is 96.6 Å². The molecule has 1 fully saturated rings. The van der Waals surface area contributed by atoms with Gasteiger partial charge in [-0.3, -0.25) is 0 Å². The molecule has 0 saturated heterocycles. The van der Waals surface area contributed by atoms with E-state index in [1.807, 2.05) is 30.3 Å². The van der Waals surface area contributed by atoms with Crippen molar-refractivity contribution in [2.45, 2.75) is 32.0 Å². The maximum atomic E-state index is 9.78. The lowest BCUT2D eigenvalue weighted by Gasteiger charge is -2.14. The normalized spacial score (nSPS) is 16.8. The van der Waals surface area contributed by atoms with Crippen molar-refractivity contribution in [1.82, 2.24) is 0 Å². The lowest BCUT2D eigenvalue weighted by atomic mass is 10.1. The molecular formula is C14H18O2. The summed E-state index contributed by atoms with van der Waals surface area (Å²) in [4.78, 5) is 0. The summed E-state index contributed by atoms with van der Waals surface area (Å²) in [6.07, 6.45) is 2.77. The van der Waals surface area contributed by atoms with Gasteiger partial charge in [-0.2, -0.15) is 0 Å². The van der Waals surface area contributed by atoms with Crippen LogP contribution in [0.25, 0.3) is 0 Å². The van der Waals surface area contributed by atoms with E-state index in [0.29, 0.717) is 18.3 Å². The van der Waals surface area contributed by atoms with E-state index >= 15 is 0 Å². The molecule has 2 heteroatoms. The molecule has 16 heavy (non-hydrogen) atoms. The molecule has 0 radical (unpaired) electrons. The van der Waals surface area contributed by atoms with Gasteiger partial charge in [0.05, 0.1) is 0 Å². The van der Waals surface area contributed by atoms with Crippen LogP contribution in [0.3, 0.4) is 0 Å². The van der Waals surface area contributed by atoms with Crippen molar-refractivity contribution < 1.29 is 9.84 Å². The van der Waals surface area contributed by atoms with Gasteiger partial charge in [-0.1, -0.05) is 49.8 Å². The Bertz CT molecular complexity index is 341. The summed E-state index contributed by atoms with van der Waals surface area (Å²) in [5, 5.41) is 9.78. The van der Waals surface area contributed by atoms with Crippen molar-refractivity contribution in [2.24, 2.45) is 5.92 Å². The van der Waals surface area contributed by atoms with E-state index in [1.54, 1.807) is 0 Å². The number of ether oxygens (including phenoxy) is 1. The molecule has 2 rings (SSSR count). The van der Waals surface area contributed by atoms with Crippen LogP contribution >= 0.6 is 0 Å². The minimum Gasteiger partial charge on any atom is -0.491 e. The van der Waals surface area contributed by atoms with Crippen LogP contribution in [0.1, 0.15) is 24.8 Å². The standard InChI is InChI=1S/C14H18O2/c1-11(14(15)9-12-7-8-12)16-10-13-5-3-2-4-6-13/h2-6,12,14-15H,1,7-10H2. The zero-order valence-corrected chi connectivity index (χ0v) is 9.43. The molecule has 0 amide bonds. The fourth-order valence-electron chi connectivity index (χ4n) is 1.65. The maximum absolute atomic E-state index is 9.78. The predicted molar refractivity (Wildman–Crippen MR) is 63.7 cm³/mol. The lowest BCUT2D eigenvalue weighted by molar-refractivity contribution is 0.0871. The molecule has 1 aliphatic rings. The van der Waals surface area contributed by atoms with Gasteiger partial charge in [0.25, 0.3) is 0 Å². The van der Waals surface area contributed by atoms with E-state index in [4.69, 9.17) is 4.74 Å². The molecule has 0 aromatic heterocycles. The first kappa shape index (κ1) is 11.2. The predicted octanol–water partition coefficient (Wildman–Crippen LogP) is 2.88. The van der Waals surface area contributed by atoms with Gasteiger partial charge in [-0.15, -0.1) is 0 Å². The number of aliphatic hydroxyl groups is 1. The molecule has 1 saturated carbocycles. The van der Waals surface area contributed by atoms with Gasteiger partial charge < -0.3 is 9.84 Å². The summed E-state index contributed by atoms with van der Waals surface area (Å²) < 4.78 is 5.47. The minimum absolute atomic E-state index is 0.487. The number of benzene rings is 1. The van der Waals surface area contributed by atoms with Gasteiger partial charge in [-0.25, -0.2) is 0 Å². The molecule has 1 aromatic rings. The van der Waals surface area contributed by atoms with Crippen molar-refractivity contribution in [3.05, 3.63) is 48.2 Å². The topological polar surface area (TPSA) is 29.5 Å². The van der Waals surface area contributed by atoms with Gasteiger partial charge in [0.15, 0.2) is 0 Å². The van der Waals surface area contributed by atoms with Crippen LogP contribution in [0.15, 0.2) is 42.7 Å². The largest absolute Gasteiger partial charge is 0.491 e. The fraction of sp³-hybridized carbons (Fsp3) is 0.429. The molecule has 0 bridgehead atoms. The lowest BCUT2D eigenvalue weighted by Crippen LogP contribution is -2.12. The van der Waals surface area contributed by atoms with Gasteiger partial charge >= 0.3 is 0 Å². The van der Waals surface area contributed by atoms with E-state index in [0.717, 1.165) is 12.0 Å². The molecule has 86 valence electrons. The number of rotatable bonds is 6. The average molecular weight is 218 g/mol. The highest BCUT2D eigenvalue weighted by Gasteiger charge is 2.26. The van der Waals surface area contributed by atoms with Crippen LogP contribution in [-0.2, 0) is 11.3 Å². The molecule has 1 unspecified atom stereocenters. The Hall–Kier alpha value is -1.28. The Morgan fingerprint density at radius 3 is 2.69 bits per heavy atom. The molecule has 1 N–H and O–H groups in total. The second-order valence-corrected chi connectivity index (χ2v) is 4.44. The smallest absolute Gasteiger partial charge is 0.118 e. The van der Waals surface area contributed by atoms with Crippen LogP contribution in [0, 0.1) is 5.92 Å². The highest BCUT2D eigenvalue weighted by molar-refractivity contribution is 5.14. The second-order valence-electron chi connectivity index (χ2n) is 4.44. The molecule has 0 spiro atoms. The first-order valence-corrected chi connectivity index (χ1v) is 5.79. The van der Waals surface area contributed by atoms with Crippen LogP contribution in [0.5, 0.6) is 0 Å². The highest BCUT2D eigenvalue weighted by Crippen LogP contribution is 2.34. The third-order valence-corrected chi connectivity index (χ3v) is 2.89. The van der Waals surface area contributed by atoms with Crippen molar-refractivity contribution >= 4 is 0 Å². The summed E-state index contributed by atoms with van der Waals surface area (Å²) in [5.74, 6) is 1.18. The molecule has 1 aliphatic carbocycles. The Morgan fingerprint density at radius 1 is 1.38 bits per heavy atom. The molecule has 1 atom stereocenters. The van der Waals surface area contributed by atoms with Gasteiger partial charge in [0.1, 0.15) is 18.5 Å². The maximum Gasteiger partial charge on any atom is 0.118 e. The quantitative estimate of drug-likeness (QED) is 0.744. The number of aliphatic hydroxyl groups excluding tert-OH is 1. The van der Waals surface area contributed by atoms with E-state index in [-0.39, 0.29) is 0 Å². The Balaban J connectivity index is 1.74. The zero-order valence-electron chi connectivity index (χ0n) is 9.43. The number of hydrogen-bond acceptors (Lipinski definition) is 2. The van der Waals surface area contributed by atoms with Crippen LogP contribution in [0.2, 0.25) is 0 Å². The summed E-state index contributed by atoms with van der Waals surface area (Å²) in [6, 6.07) is 9.92. The summed E-state index contributed by atoms with van der Waals surface area (Å²) >= 11 is 0. The SMILES string of the molecule is C=C(OCc1ccccc1)C(O)CC1CC1. The fourth-order valence-corrected chi connectivity index (χ4v) is 1.65. The Morgan fingerprint density at radius 2 is 2.06 bits per heavy atom. The average Bonchev–Trinajstić information content (AvgIpc) is 3.11. The van der Waals surface area contributed by atoms with E-state index < -0.39 is 6.10 Å². The molecule has 1 aromatic carbocycles. The zero-order chi connectivity index (χ0) is 11.4. The molecular weight excluding hydrogens is 200 g/mol. The summed E-state index contributed by atoms with van der Waals surface area (Å²) in [6.45, 7) is 4.27. The van der Waals surface area contributed by atoms with Crippen molar-refractivity contribution in [2.75, 3.05) is 0 Å². The minimum atomic E-state index is -0.504. The van der Waals surface area contributed by atoms with E-state index in [2.05, 4.69) is 6.58 Å². The molecule has 2 nitrogen and oxygen atoms in total. The third kappa shape index (κ3) is 3.38. The van der Waals surface area contributed by atoms with Gasteiger partial charge in [-0.05, 0) is 17.9 Å². The molecule has 0 aliphatic heterocycles. The second kappa shape index (κ2) is 5.17. The van der Waals surface area contributed by atoms with Gasteiger partial charge in [0.2, 0.25) is 0 Å². The number of hydrogen-bond donors (Lipinski definition) is 1. The van der Waals surface area contributed by atoms with Crippen LogP contribution in [-0.4, -0.2) is 11.2 Å². The van der Waals surface area contributed by atoms with E-state index in [1.165, 1.54) is 12.8 Å². The monoisotopic (exact) mass is 218 g/mol. The summed E-state index contributed by atoms with van der Waals surface area (Å²) in [7, 11) is 0. The van der Waals surface area contributed by atoms with Gasteiger partial charge in [0, 0.05) is 0 Å². The van der Waals surface area contributed by atoms with Crippen molar-refractivity contribution in [3.8, 4) is 0 Å². The highest BCUT2D eigenvalue weighted by atomic mass is 16.5. The third-order valence-electron chi connectivity index (χ3n) is 2.89.